The lowest BCUT2D eigenvalue weighted by atomic mass is 9.96. The quantitative estimate of drug-likeness (QED) is 0.441. The largest absolute Gasteiger partial charge is 0.346 e. The second kappa shape index (κ2) is 9.17. The molecule has 6 nitrogen and oxygen atoms in total. The first-order chi connectivity index (χ1) is 16.0. The summed E-state index contributed by atoms with van der Waals surface area (Å²) in [5.41, 5.74) is 5.08. The van der Waals surface area contributed by atoms with E-state index in [0.29, 0.717) is 18.8 Å². The van der Waals surface area contributed by atoms with Crippen molar-refractivity contribution in [1.29, 1.82) is 0 Å². The number of carbonyl (C=O) groups excluding carboxylic acids is 1. The van der Waals surface area contributed by atoms with Crippen molar-refractivity contribution in [3.63, 3.8) is 0 Å². The number of fused-ring (bicyclic) bond motifs is 1. The number of aromatic nitrogens is 4. The average molecular weight is 446 g/mol. The predicted molar refractivity (Wildman–Crippen MR) is 126 cm³/mol. The van der Waals surface area contributed by atoms with Gasteiger partial charge in [-0.05, 0) is 61.1 Å². The Bertz CT molecular complexity index is 1250. The van der Waals surface area contributed by atoms with Gasteiger partial charge in [-0.3, -0.25) is 9.48 Å². The topological polar surface area (TPSA) is 56.0 Å². The van der Waals surface area contributed by atoms with E-state index in [0.717, 1.165) is 60.3 Å². The zero-order valence-corrected chi connectivity index (χ0v) is 18.8. The number of benzene rings is 1. The van der Waals surface area contributed by atoms with Gasteiger partial charge in [-0.15, -0.1) is 0 Å². The van der Waals surface area contributed by atoms with Crippen LogP contribution in [0.25, 0.3) is 22.3 Å². The number of carbonyl (C=O) groups is 1. The molecule has 3 aromatic heterocycles. The molecule has 0 atom stereocenters. The van der Waals surface area contributed by atoms with Crippen LogP contribution in [0.4, 0.5) is 4.39 Å². The molecule has 170 valence electrons. The standard InChI is InChI=1S/C26H28FN5O/c1-30-18-21(16-28-30)23-7-8-25-24(29-23)12-15-32(25)17-20-10-13-31(14-11-20)26(33)9-4-19-2-5-22(27)6-3-19/h2-3,5-8,12,15-16,18,20H,4,9-11,13-14,17H2,1H3. The van der Waals surface area contributed by atoms with Crippen LogP contribution in [0, 0.1) is 11.7 Å². The van der Waals surface area contributed by atoms with Crippen LogP contribution in [0.3, 0.4) is 0 Å². The lowest BCUT2D eigenvalue weighted by molar-refractivity contribution is -0.132. The third kappa shape index (κ3) is 4.82. The van der Waals surface area contributed by atoms with Crippen LogP contribution in [-0.4, -0.2) is 43.2 Å². The minimum Gasteiger partial charge on any atom is -0.346 e. The maximum Gasteiger partial charge on any atom is 0.222 e. The van der Waals surface area contributed by atoms with Crippen LogP contribution in [0.5, 0.6) is 0 Å². The van der Waals surface area contributed by atoms with Gasteiger partial charge in [0.1, 0.15) is 5.82 Å². The summed E-state index contributed by atoms with van der Waals surface area (Å²) in [5, 5.41) is 4.23. The molecule has 1 aliphatic heterocycles. The van der Waals surface area contributed by atoms with E-state index in [4.69, 9.17) is 4.98 Å². The molecule has 1 fully saturated rings. The highest BCUT2D eigenvalue weighted by molar-refractivity contribution is 5.79. The lowest BCUT2D eigenvalue weighted by Gasteiger charge is -2.32. The molecule has 1 amide bonds. The molecule has 7 heteroatoms. The van der Waals surface area contributed by atoms with Gasteiger partial charge in [-0.2, -0.15) is 5.10 Å². The smallest absolute Gasteiger partial charge is 0.222 e. The molecule has 1 saturated heterocycles. The Labute approximate surface area is 192 Å². The van der Waals surface area contributed by atoms with Gasteiger partial charge in [-0.25, -0.2) is 9.37 Å². The maximum atomic E-state index is 13.0. The first-order valence-electron chi connectivity index (χ1n) is 11.5. The van der Waals surface area contributed by atoms with E-state index in [1.54, 1.807) is 16.8 Å². The monoisotopic (exact) mass is 445 g/mol. The maximum absolute atomic E-state index is 13.0. The second-order valence-corrected chi connectivity index (χ2v) is 8.92. The zero-order chi connectivity index (χ0) is 22.8. The van der Waals surface area contributed by atoms with Gasteiger partial charge in [0.05, 0.1) is 22.9 Å². The van der Waals surface area contributed by atoms with Gasteiger partial charge in [-0.1, -0.05) is 12.1 Å². The van der Waals surface area contributed by atoms with Crippen molar-refractivity contribution < 1.29 is 9.18 Å². The number of rotatable bonds is 6. The molecule has 0 spiro atoms. The normalized spacial score (nSPS) is 14.8. The highest BCUT2D eigenvalue weighted by Crippen LogP contribution is 2.25. The van der Waals surface area contributed by atoms with Crippen LogP contribution < -0.4 is 0 Å². The van der Waals surface area contributed by atoms with E-state index >= 15 is 0 Å². The zero-order valence-electron chi connectivity index (χ0n) is 18.8. The van der Waals surface area contributed by atoms with Crippen molar-refractivity contribution in [2.75, 3.05) is 13.1 Å². The summed E-state index contributed by atoms with van der Waals surface area (Å²) in [7, 11) is 1.91. The van der Waals surface area contributed by atoms with Crippen LogP contribution in [0.15, 0.2) is 61.1 Å². The van der Waals surface area contributed by atoms with Crippen molar-refractivity contribution in [2.45, 2.75) is 32.2 Å². The summed E-state index contributed by atoms with van der Waals surface area (Å²) in [6, 6.07) is 12.7. The highest BCUT2D eigenvalue weighted by Gasteiger charge is 2.23. The van der Waals surface area contributed by atoms with Crippen molar-refractivity contribution >= 4 is 16.9 Å². The van der Waals surface area contributed by atoms with E-state index in [1.807, 2.05) is 24.3 Å². The van der Waals surface area contributed by atoms with Crippen molar-refractivity contribution in [3.8, 4) is 11.3 Å². The third-order valence-corrected chi connectivity index (χ3v) is 6.59. The minimum atomic E-state index is -0.243. The summed E-state index contributed by atoms with van der Waals surface area (Å²) in [4.78, 5) is 19.4. The SMILES string of the molecule is Cn1cc(-c2ccc3c(ccn3CC3CCN(C(=O)CCc4ccc(F)cc4)CC3)n2)cn1. The number of pyridine rings is 1. The van der Waals surface area contributed by atoms with Gasteiger partial charge in [0.2, 0.25) is 5.91 Å². The van der Waals surface area contributed by atoms with Gasteiger partial charge < -0.3 is 9.47 Å². The molecule has 4 heterocycles. The second-order valence-electron chi connectivity index (χ2n) is 8.92. The number of nitrogens with zero attached hydrogens (tertiary/aromatic N) is 5. The van der Waals surface area contributed by atoms with Crippen LogP contribution in [0.2, 0.25) is 0 Å². The highest BCUT2D eigenvalue weighted by atomic mass is 19.1. The first kappa shape index (κ1) is 21.4. The fourth-order valence-corrected chi connectivity index (χ4v) is 4.65. The van der Waals surface area contributed by atoms with E-state index in [9.17, 15) is 9.18 Å². The van der Waals surface area contributed by atoms with E-state index in [1.165, 1.54) is 12.1 Å². The molecular formula is C26H28FN5O. The number of halogens is 1. The van der Waals surface area contributed by atoms with Gasteiger partial charge >= 0.3 is 0 Å². The third-order valence-electron chi connectivity index (χ3n) is 6.59. The molecular weight excluding hydrogens is 417 g/mol. The first-order valence-corrected chi connectivity index (χ1v) is 11.5. The molecule has 0 unspecified atom stereocenters. The van der Waals surface area contributed by atoms with Gasteiger partial charge in [0.25, 0.3) is 0 Å². The molecule has 1 aliphatic rings. The Kier molecular flexibility index (Phi) is 5.94. The van der Waals surface area contributed by atoms with Gasteiger partial charge in [0, 0.05) is 51.1 Å². The van der Waals surface area contributed by atoms with Crippen molar-refractivity contribution in [1.82, 2.24) is 24.2 Å². The number of piperidine rings is 1. The molecule has 33 heavy (non-hydrogen) atoms. The van der Waals surface area contributed by atoms with E-state index < -0.39 is 0 Å². The fraction of sp³-hybridized carbons (Fsp3) is 0.346. The average Bonchev–Trinajstić information content (AvgIpc) is 3.45. The van der Waals surface area contributed by atoms with E-state index in [-0.39, 0.29) is 11.7 Å². The summed E-state index contributed by atoms with van der Waals surface area (Å²) in [6.07, 6.45) is 9.06. The van der Waals surface area contributed by atoms with Crippen molar-refractivity contribution in [3.05, 3.63) is 72.4 Å². The molecule has 4 aromatic rings. The number of amides is 1. The Morgan fingerprint density at radius 2 is 1.88 bits per heavy atom. The van der Waals surface area contributed by atoms with Crippen LogP contribution in [0.1, 0.15) is 24.8 Å². The Morgan fingerprint density at radius 3 is 2.61 bits per heavy atom. The molecule has 0 N–H and O–H groups in total. The number of likely N-dealkylation sites (tertiary alicyclic amines) is 1. The Hall–Kier alpha value is -3.48. The van der Waals surface area contributed by atoms with E-state index in [2.05, 4.69) is 34.1 Å². The number of hydrogen-bond donors (Lipinski definition) is 0. The predicted octanol–water partition coefficient (Wildman–Crippen LogP) is 4.45. The molecule has 1 aromatic carbocycles. The van der Waals surface area contributed by atoms with Gasteiger partial charge in [0.15, 0.2) is 0 Å². The molecule has 0 aliphatic carbocycles. The summed E-state index contributed by atoms with van der Waals surface area (Å²) in [5.74, 6) is 0.489. The fourth-order valence-electron chi connectivity index (χ4n) is 4.65. The Morgan fingerprint density at radius 1 is 1.09 bits per heavy atom. The molecule has 0 radical (unpaired) electrons. The molecule has 0 bridgehead atoms. The van der Waals surface area contributed by atoms with Crippen LogP contribution >= 0.6 is 0 Å². The Balaban J connectivity index is 1.15. The molecule has 0 saturated carbocycles. The van der Waals surface area contributed by atoms with Crippen molar-refractivity contribution in [2.24, 2.45) is 13.0 Å². The summed E-state index contributed by atoms with van der Waals surface area (Å²) in [6.45, 7) is 2.54. The number of aryl methyl sites for hydroxylation is 2. The number of hydrogen-bond acceptors (Lipinski definition) is 3. The summed E-state index contributed by atoms with van der Waals surface area (Å²) < 4.78 is 17.1. The van der Waals surface area contributed by atoms with Crippen LogP contribution in [-0.2, 0) is 24.8 Å². The lowest BCUT2D eigenvalue weighted by Crippen LogP contribution is -2.39. The minimum absolute atomic E-state index is 0.191. The molecule has 5 rings (SSSR count). The summed E-state index contributed by atoms with van der Waals surface area (Å²) >= 11 is 0.